The van der Waals surface area contributed by atoms with Crippen LogP contribution in [0.25, 0.3) is 9.88 Å². The van der Waals surface area contributed by atoms with E-state index in [0.29, 0.717) is 12.2 Å². The number of carbonyl (C=O) groups excluding carboxylic acids is 1. The van der Waals surface area contributed by atoms with E-state index in [0.717, 1.165) is 33.8 Å². The van der Waals surface area contributed by atoms with Crippen LogP contribution in [0.4, 0.5) is 0 Å². The van der Waals surface area contributed by atoms with Gasteiger partial charge in [0.1, 0.15) is 10.7 Å². The number of rotatable bonds is 4. The molecule has 0 radical (unpaired) electrons. The first kappa shape index (κ1) is 14.2. The monoisotopic (exact) mass is 372 g/mol. The van der Waals surface area contributed by atoms with Crippen LogP contribution in [0.1, 0.15) is 23.3 Å². The maximum absolute atomic E-state index is 12.0. The number of nitrogens with zero attached hydrogens (tertiary/aromatic N) is 1. The molecule has 1 amide bonds. The van der Waals surface area contributed by atoms with Gasteiger partial charge in [-0.25, -0.2) is 4.98 Å². The number of halogens is 1. The average molecular weight is 373 g/mol. The molecule has 3 rings (SSSR count). The lowest BCUT2D eigenvalue weighted by Crippen LogP contribution is -2.31. The predicted molar refractivity (Wildman–Crippen MR) is 84.4 cm³/mol. The van der Waals surface area contributed by atoms with Crippen molar-refractivity contribution < 1.29 is 9.53 Å². The van der Waals surface area contributed by atoms with Crippen molar-refractivity contribution in [3.8, 4) is 9.88 Å². The largest absolute Gasteiger partial charge is 0.376 e. The summed E-state index contributed by atoms with van der Waals surface area (Å²) in [6, 6.07) is 2.01. The second kappa shape index (κ2) is 6.34. The standard InChI is InChI=1S/C13H13BrN2O2S2/c14-8-4-11(19-6-8)13-16-10(7-20-13)12(17)15-5-9-2-1-3-18-9/h4,6-7,9H,1-3,5H2,(H,15,17). The fraction of sp³-hybridized carbons (Fsp3) is 0.385. The zero-order valence-electron chi connectivity index (χ0n) is 10.6. The van der Waals surface area contributed by atoms with Gasteiger partial charge in [-0.1, -0.05) is 0 Å². The van der Waals surface area contributed by atoms with Crippen LogP contribution in [-0.2, 0) is 4.74 Å². The van der Waals surface area contributed by atoms with Crippen LogP contribution < -0.4 is 5.32 Å². The van der Waals surface area contributed by atoms with Gasteiger partial charge in [0.2, 0.25) is 0 Å². The fourth-order valence-corrected chi connectivity index (χ4v) is 4.33. The summed E-state index contributed by atoms with van der Waals surface area (Å²) in [6.45, 7) is 1.37. The molecule has 0 bridgehead atoms. The van der Waals surface area contributed by atoms with Gasteiger partial charge in [0.25, 0.3) is 5.91 Å². The first-order chi connectivity index (χ1) is 9.72. The smallest absolute Gasteiger partial charge is 0.270 e. The molecule has 1 aliphatic heterocycles. The molecule has 7 heteroatoms. The minimum Gasteiger partial charge on any atom is -0.376 e. The lowest BCUT2D eigenvalue weighted by molar-refractivity contribution is 0.0854. The van der Waals surface area contributed by atoms with Gasteiger partial charge in [-0.15, -0.1) is 22.7 Å². The number of thiophene rings is 1. The average Bonchev–Trinajstić information content (AvgIpc) is 3.16. The highest BCUT2D eigenvalue weighted by Gasteiger charge is 2.18. The molecule has 0 aliphatic carbocycles. The molecule has 1 unspecified atom stereocenters. The Morgan fingerprint density at radius 3 is 3.10 bits per heavy atom. The van der Waals surface area contributed by atoms with Gasteiger partial charge in [-0.05, 0) is 34.8 Å². The summed E-state index contributed by atoms with van der Waals surface area (Å²) in [6.07, 6.45) is 2.26. The number of aromatic nitrogens is 1. The van der Waals surface area contributed by atoms with E-state index in [1.165, 1.54) is 11.3 Å². The van der Waals surface area contributed by atoms with E-state index in [9.17, 15) is 4.79 Å². The van der Waals surface area contributed by atoms with Gasteiger partial charge in [0, 0.05) is 28.4 Å². The fourth-order valence-electron chi connectivity index (χ4n) is 2.02. The SMILES string of the molecule is O=C(NCC1CCCO1)c1csc(-c2cc(Br)cs2)n1. The topological polar surface area (TPSA) is 51.2 Å². The molecule has 0 aromatic carbocycles. The molecule has 4 nitrogen and oxygen atoms in total. The summed E-state index contributed by atoms with van der Waals surface area (Å²) in [7, 11) is 0. The van der Waals surface area contributed by atoms with E-state index in [2.05, 4.69) is 26.2 Å². The quantitative estimate of drug-likeness (QED) is 0.892. The van der Waals surface area contributed by atoms with E-state index in [-0.39, 0.29) is 12.0 Å². The Labute approximate surface area is 133 Å². The van der Waals surface area contributed by atoms with Gasteiger partial charge in [0.15, 0.2) is 0 Å². The highest BCUT2D eigenvalue weighted by molar-refractivity contribution is 9.10. The van der Waals surface area contributed by atoms with Gasteiger partial charge < -0.3 is 10.1 Å². The molecule has 1 fully saturated rings. The van der Waals surface area contributed by atoms with E-state index in [1.54, 1.807) is 16.7 Å². The van der Waals surface area contributed by atoms with Crippen molar-refractivity contribution >= 4 is 44.5 Å². The lowest BCUT2D eigenvalue weighted by atomic mass is 10.2. The molecule has 2 aromatic rings. The van der Waals surface area contributed by atoms with Gasteiger partial charge in [-0.3, -0.25) is 4.79 Å². The molecular weight excluding hydrogens is 360 g/mol. The maximum atomic E-state index is 12.0. The van der Waals surface area contributed by atoms with E-state index in [1.807, 2.05) is 11.4 Å². The van der Waals surface area contributed by atoms with Crippen molar-refractivity contribution in [2.24, 2.45) is 0 Å². The third-order valence-electron chi connectivity index (χ3n) is 3.03. The summed E-state index contributed by atoms with van der Waals surface area (Å²) >= 11 is 6.52. The Bertz CT molecular complexity index is 605. The highest BCUT2D eigenvalue weighted by atomic mass is 79.9. The number of ether oxygens (including phenoxy) is 1. The zero-order chi connectivity index (χ0) is 13.9. The molecule has 1 aliphatic rings. The molecule has 1 saturated heterocycles. The molecule has 0 saturated carbocycles. The van der Waals surface area contributed by atoms with E-state index in [4.69, 9.17) is 4.74 Å². The Balaban J connectivity index is 1.62. The number of hydrogen-bond acceptors (Lipinski definition) is 5. The number of amides is 1. The normalized spacial score (nSPS) is 18.4. The summed E-state index contributed by atoms with van der Waals surface area (Å²) in [4.78, 5) is 17.5. The van der Waals surface area contributed by atoms with E-state index < -0.39 is 0 Å². The summed E-state index contributed by atoms with van der Waals surface area (Å²) in [5.74, 6) is -0.126. The van der Waals surface area contributed by atoms with Gasteiger partial charge in [-0.2, -0.15) is 0 Å². The first-order valence-electron chi connectivity index (χ1n) is 6.32. The van der Waals surface area contributed by atoms with Crippen LogP contribution in [0.5, 0.6) is 0 Å². The summed E-state index contributed by atoms with van der Waals surface area (Å²) in [5.41, 5.74) is 0.479. The molecule has 3 heterocycles. The molecule has 1 N–H and O–H groups in total. The van der Waals surface area contributed by atoms with Crippen molar-refractivity contribution in [1.29, 1.82) is 0 Å². The van der Waals surface area contributed by atoms with Crippen LogP contribution in [0, 0.1) is 0 Å². The van der Waals surface area contributed by atoms with Crippen molar-refractivity contribution in [3.05, 3.63) is 27.0 Å². The zero-order valence-corrected chi connectivity index (χ0v) is 13.8. The molecule has 1 atom stereocenters. The Hall–Kier alpha value is -0.760. The van der Waals surface area contributed by atoms with E-state index >= 15 is 0 Å². The predicted octanol–water partition coefficient (Wildman–Crippen LogP) is 3.54. The second-order valence-electron chi connectivity index (χ2n) is 4.51. The molecule has 20 heavy (non-hydrogen) atoms. The van der Waals surface area contributed by atoms with Gasteiger partial charge >= 0.3 is 0 Å². The Morgan fingerprint density at radius 2 is 2.40 bits per heavy atom. The Kier molecular flexibility index (Phi) is 4.50. The Morgan fingerprint density at radius 1 is 1.50 bits per heavy atom. The van der Waals surface area contributed by atoms with Gasteiger partial charge in [0.05, 0.1) is 11.0 Å². The third kappa shape index (κ3) is 3.28. The van der Waals surface area contributed by atoms with Crippen molar-refractivity contribution in [3.63, 3.8) is 0 Å². The minimum absolute atomic E-state index is 0.126. The van der Waals surface area contributed by atoms with Crippen LogP contribution in [-0.4, -0.2) is 30.1 Å². The number of carbonyl (C=O) groups is 1. The van der Waals surface area contributed by atoms with Crippen LogP contribution in [0.2, 0.25) is 0 Å². The van der Waals surface area contributed by atoms with Crippen LogP contribution >= 0.6 is 38.6 Å². The second-order valence-corrected chi connectivity index (χ2v) is 7.20. The molecule has 106 valence electrons. The summed E-state index contributed by atoms with van der Waals surface area (Å²) < 4.78 is 6.52. The van der Waals surface area contributed by atoms with Crippen LogP contribution in [0.15, 0.2) is 21.3 Å². The minimum atomic E-state index is -0.126. The highest BCUT2D eigenvalue weighted by Crippen LogP contribution is 2.31. The third-order valence-corrected chi connectivity index (χ3v) is 5.73. The van der Waals surface area contributed by atoms with Crippen LogP contribution in [0.3, 0.4) is 0 Å². The lowest BCUT2D eigenvalue weighted by Gasteiger charge is -2.09. The van der Waals surface area contributed by atoms with Crippen molar-refractivity contribution in [1.82, 2.24) is 10.3 Å². The first-order valence-corrected chi connectivity index (χ1v) is 8.87. The van der Waals surface area contributed by atoms with Crippen molar-refractivity contribution in [2.45, 2.75) is 18.9 Å². The van der Waals surface area contributed by atoms with Crippen molar-refractivity contribution in [2.75, 3.05) is 13.2 Å². The number of nitrogens with one attached hydrogen (secondary N) is 1. The molecule has 2 aromatic heterocycles. The number of thiazole rings is 1. The molecular formula is C13H13BrN2O2S2. The maximum Gasteiger partial charge on any atom is 0.270 e. The molecule has 0 spiro atoms. The number of hydrogen-bond donors (Lipinski definition) is 1. The summed E-state index contributed by atoms with van der Waals surface area (Å²) in [5, 5.41) is 7.57.